The summed E-state index contributed by atoms with van der Waals surface area (Å²) in [7, 11) is -3.06. The lowest BCUT2D eigenvalue weighted by Gasteiger charge is -2.25. The van der Waals surface area contributed by atoms with Gasteiger partial charge in [0, 0.05) is 19.1 Å². The molecule has 0 aromatic carbocycles. The largest absolute Gasteiger partial charge is 0.279 e. The molecular weight excluding hydrogens is 164 g/mol. The molecular formula is C6H12N2O2S. The molecule has 1 atom stereocenters. The number of nitrogens with one attached hydrogen (secondary N) is 1. The molecule has 64 valence electrons. The van der Waals surface area contributed by atoms with Crippen molar-refractivity contribution in [3.8, 4) is 0 Å². The van der Waals surface area contributed by atoms with Gasteiger partial charge in [0.1, 0.15) is 0 Å². The van der Waals surface area contributed by atoms with Crippen LogP contribution in [-0.2, 0) is 10.2 Å². The summed E-state index contributed by atoms with van der Waals surface area (Å²) in [6.07, 6.45) is 3.20. The highest BCUT2D eigenvalue weighted by molar-refractivity contribution is 7.87. The summed E-state index contributed by atoms with van der Waals surface area (Å²) in [6.45, 7) is 1.32. The van der Waals surface area contributed by atoms with Crippen LogP contribution in [-0.4, -0.2) is 31.9 Å². The number of hydrogen-bond donors (Lipinski definition) is 1. The van der Waals surface area contributed by atoms with E-state index in [2.05, 4.69) is 4.72 Å². The van der Waals surface area contributed by atoms with Crippen molar-refractivity contribution in [2.24, 2.45) is 0 Å². The average Bonchev–Trinajstić information content (AvgIpc) is 2.29. The Balaban J connectivity index is 2.23. The fourth-order valence-corrected chi connectivity index (χ4v) is 3.29. The monoisotopic (exact) mass is 176 g/mol. The van der Waals surface area contributed by atoms with E-state index in [4.69, 9.17) is 0 Å². The number of nitrogens with zero attached hydrogens (tertiary/aromatic N) is 1. The van der Waals surface area contributed by atoms with Gasteiger partial charge in [0.25, 0.3) is 10.2 Å². The summed E-state index contributed by atoms with van der Waals surface area (Å²) in [6, 6.07) is 0.244. The van der Waals surface area contributed by atoms with E-state index in [-0.39, 0.29) is 6.04 Å². The summed E-state index contributed by atoms with van der Waals surface area (Å²) in [5.41, 5.74) is 0. The number of fused-ring (bicyclic) bond motifs is 1. The Morgan fingerprint density at radius 2 is 2.18 bits per heavy atom. The maximum atomic E-state index is 11.2. The third-order valence-corrected chi connectivity index (χ3v) is 4.01. The first kappa shape index (κ1) is 7.52. The molecule has 2 heterocycles. The Morgan fingerprint density at radius 3 is 2.91 bits per heavy atom. The molecule has 2 saturated heterocycles. The van der Waals surface area contributed by atoms with E-state index in [9.17, 15) is 8.42 Å². The van der Waals surface area contributed by atoms with Crippen LogP contribution >= 0.6 is 0 Å². The molecule has 0 bridgehead atoms. The zero-order valence-corrected chi connectivity index (χ0v) is 7.10. The number of hydrogen-bond acceptors (Lipinski definition) is 2. The number of piperidine rings is 1. The van der Waals surface area contributed by atoms with Crippen molar-refractivity contribution >= 4 is 10.2 Å². The maximum Gasteiger partial charge on any atom is 0.279 e. The third kappa shape index (κ3) is 1.17. The minimum atomic E-state index is -3.06. The Bertz CT molecular complexity index is 249. The van der Waals surface area contributed by atoms with E-state index in [1.54, 1.807) is 4.31 Å². The van der Waals surface area contributed by atoms with Crippen molar-refractivity contribution in [2.75, 3.05) is 13.1 Å². The first-order chi connectivity index (χ1) is 5.20. The summed E-state index contributed by atoms with van der Waals surface area (Å²) in [4.78, 5) is 0. The predicted octanol–water partition coefficient (Wildman–Crippen LogP) is -0.311. The topological polar surface area (TPSA) is 49.4 Å². The summed E-state index contributed by atoms with van der Waals surface area (Å²) >= 11 is 0. The van der Waals surface area contributed by atoms with Crippen molar-refractivity contribution in [2.45, 2.75) is 25.3 Å². The normalized spacial score (nSPS) is 36.9. The van der Waals surface area contributed by atoms with Gasteiger partial charge in [-0.05, 0) is 12.8 Å². The van der Waals surface area contributed by atoms with Gasteiger partial charge in [0.15, 0.2) is 0 Å². The van der Waals surface area contributed by atoms with Crippen molar-refractivity contribution in [1.29, 1.82) is 0 Å². The molecule has 0 saturated carbocycles. The zero-order chi connectivity index (χ0) is 7.90. The molecule has 2 fully saturated rings. The van der Waals surface area contributed by atoms with Crippen molar-refractivity contribution in [1.82, 2.24) is 9.03 Å². The molecule has 5 heteroatoms. The molecule has 0 aromatic rings. The minimum Gasteiger partial charge on any atom is -0.200 e. The van der Waals surface area contributed by atoms with Crippen LogP contribution in [0.2, 0.25) is 0 Å². The van der Waals surface area contributed by atoms with E-state index in [1.807, 2.05) is 0 Å². The van der Waals surface area contributed by atoms with Gasteiger partial charge in [-0.25, -0.2) is 4.72 Å². The van der Waals surface area contributed by atoms with Gasteiger partial charge in [0.05, 0.1) is 0 Å². The van der Waals surface area contributed by atoms with E-state index >= 15 is 0 Å². The molecule has 0 aliphatic carbocycles. The second-order valence-corrected chi connectivity index (χ2v) is 4.82. The second kappa shape index (κ2) is 2.43. The van der Waals surface area contributed by atoms with Crippen LogP contribution in [0.4, 0.5) is 0 Å². The van der Waals surface area contributed by atoms with Gasteiger partial charge in [-0.15, -0.1) is 0 Å². The minimum absolute atomic E-state index is 0.244. The fraction of sp³-hybridized carbons (Fsp3) is 1.00. The van der Waals surface area contributed by atoms with Crippen LogP contribution in [0.25, 0.3) is 0 Å². The molecule has 0 spiro atoms. The Kier molecular flexibility index (Phi) is 1.66. The van der Waals surface area contributed by atoms with Crippen molar-refractivity contribution in [3.63, 3.8) is 0 Å². The highest BCUT2D eigenvalue weighted by atomic mass is 32.2. The highest BCUT2D eigenvalue weighted by Crippen LogP contribution is 2.23. The Morgan fingerprint density at radius 1 is 1.36 bits per heavy atom. The van der Waals surface area contributed by atoms with E-state index in [0.29, 0.717) is 13.1 Å². The van der Waals surface area contributed by atoms with Crippen molar-refractivity contribution in [3.05, 3.63) is 0 Å². The number of rotatable bonds is 0. The lowest BCUT2D eigenvalue weighted by Crippen LogP contribution is -2.38. The van der Waals surface area contributed by atoms with E-state index < -0.39 is 10.2 Å². The summed E-state index contributed by atoms with van der Waals surface area (Å²) in [5, 5.41) is 0. The first-order valence-electron chi connectivity index (χ1n) is 3.96. The first-order valence-corrected chi connectivity index (χ1v) is 5.40. The summed E-state index contributed by atoms with van der Waals surface area (Å²) < 4.78 is 26.6. The molecule has 2 aliphatic heterocycles. The Hall–Kier alpha value is -0.130. The van der Waals surface area contributed by atoms with Crippen LogP contribution in [0, 0.1) is 0 Å². The molecule has 11 heavy (non-hydrogen) atoms. The smallest absolute Gasteiger partial charge is 0.200 e. The van der Waals surface area contributed by atoms with Crippen molar-refractivity contribution < 1.29 is 8.42 Å². The molecule has 0 amide bonds. The van der Waals surface area contributed by atoms with Gasteiger partial charge in [-0.1, -0.05) is 6.42 Å². The standard InChI is InChI=1S/C6H12N2O2S/c9-11(10)7-5-6-3-1-2-4-8(6)11/h6-7H,1-5H2/t6-/m0/s1. The second-order valence-electron chi connectivity index (χ2n) is 3.11. The Labute approximate surface area is 66.8 Å². The van der Waals surface area contributed by atoms with Gasteiger partial charge in [0.2, 0.25) is 0 Å². The fourth-order valence-electron chi connectivity index (χ4n) is 1.78. The van der Waals surface area contributed by atoms with Crippen LogP contribution in [0.3, 0.4) is 0 Å². The predicted molar refractivity (Wildman–Crippen MR) is 41.3 cm³/mol. The molecule has 4 nitrogen and oxygen atoms in total. The van der Waals surface area contributed by atoms with Gasteiger partial charge in [-0.2, -0.15) is 12.7 Å². The molecule has 0 aromatic heterocycles. The van der Waals surface area contributed by atoms with Crippen LogP contribution < -0.4 is 4.72 Å². The molecule has 2 aliphatic rings. The SMILES string of the molecule is O=S1(=O)NC[C@@H]2CCCCN21. The van der Waals surface area contributed by atoms with Gasteiger partial charge < -0.3 is 0 Å². The van der Waals surface area contributed by atoms with Gasteiger partial charge in [-0.3, -0.25) is 0 Å². The van der Waals surface area contributed by atoms with Crippen LogP contribution in [0.15, 0.2) is 0 Å². The van der Waals surface area contributed by atoms with E-state index in [1.165, 1.54) is 6.42 Å². The summed E-state index contributed by atoms with van der Waals surface area (Å²) in [5.74, 6) is 0. The lowest BCUT2D eigenvalue weighted by atomic mass is 10.1. The molecule has 0 unspecified atom stereocenters. The zero-order valence-electron chi connectivity index (χ0n) is 6.28. The van der Waals surface area contributed by atoms with Gasteiger partial charge >= 0.3 is 0 Å². The molecule has 0 radical (unpaired) electrons. The van der Waals surface area contributed by atoms with Crippen LogP contribution in [0.1, 0.15) is 19.3 Å². The molecule has 2 rings (SSSR count). The highest BCUT2D eigenvalue weighted by Gasteiger charge is 2.37. The molecule has 1 N–H and O–H groups in total. The van der Waals surface area contributed by atoms with Crippen LogP contribution in [0.5, 0.6) is 0 Å². The third-order valence-electron chi connectivity index (χ3n) is 2.38. The lowest BCUT2D eigenvalue weighted by molar-refractivity contribution is 0.281. The van der Waals surface area contributed by atoms with E-state index in [0.717, 1.165) is 12.8 Å². The average molecular weight is 176 g/mol. The maximum absolute atomic E-state index is 11.2. The quantitative estimate of drug-likeness (QED) is 0.550.